The minimum absolute atomic E-state index is 0.501. The van der Waals surface area contributed by atoms with Crippen molar-refractivity contribution in [2.24, 2.45) is 5.92 Å². The molecule has 2 nitrogen and oxygen atoms in total. The van der Waals surface area contributed by atoms with E-state index in [0.717, 1.165) is 23.1 Å². The van der Waals surface area contributed by atoms with Crippen molar-refractivity contribution < 1.29 is 0 Å². The van der Waals surface area contributed by atoms with Crippen molar-refractivity contribution >= 4 is 15.9 Å². The van der Waals surface area contributed by atoms with Crippen molar-refractivity contribution in [2.75, 3.05) is 6.54 Å². The lowest BCUT2D eigenvalue weighted by molar-refractivity contribution is 0.402. The monoisotopic (exact) mass is 270 g/mol. The summed E-state index contributed by atoms with van der Waals surface area (Å²) in [6.45, 7) is 7.63. The fourth-order valence-corrected chi connectivity index (χ4v) is 2.00. The highest BCUT2D eigenvalue weighted by Gasteiger charge is 2.14. The second kappa shape index (κ2) is 6.23. The van der Waals surface area contributed by atoms with E-state index in [1.54, 1.807) is 0 Å². The number of likely N-dealkylation sites (N-methyl/N-ethyl adjacent to an activating group) is 1. The lowest BCUT2D eigenvalue weighted by Gasteiger charge is -2.21. The van der Waals surface area contributed by atoms with E-state index in [9.17, 15) is 0 Å². The van der Waals surface area contributed by atoms with Crippen LogP contribution in [0.25, 0.3) is 0 Å². The van der Waals surface area contributed by atoms with Crippen LogP contribution in [-0.2, 0) is 6.42 Å². The zero-order valence-electron chi connectivity index (χ0n) is 9.63. The van der Waals surface area contributed by atoms with E-state index in [1.165, 1.54) is 0 Å². The summed E-state index contributed by atoms with van der Waals surface area (Å²) in [4.78, 5) is 4.40. The van der Waals surface area contributed by atoms with Gasteiger partial charge in [-0.25, -0.2) is 0 Å². The molecule has 1 unspecified atom stereocenters. The molecule has 0 aromatic carbocycles. The number of halogens is 1. The average Bonchev–Trinajstić information content (AvgIpc) is 2.20. The van der Waals surface area contributed by atoms with Crippen molar-refractivity contribution in [3.63, 3.8) is 0 Å². The lowest BCUT2D eigenvalue weighted by Crippen LogP contribution is -2.35. The summed E-state index contributed by atoms with van der Waals surface area (Å²) >= 11 is 3.53. The summed E-state index contributed by atoms with van der Waals surface area (Å²) in [7, 11) is 0. The molecule has 1 N–H and O–H groups in total. The second-order valence-electron chi connectivity index (χ2n) is 4.04. The molecular formula is C12H19BrN2. The summed E-state index contributed by atoms with van der Waals surface area (Å²) in [5.74, 6) is 0.624. The topological polar surface area (TPSA) is 24.9 Å². The van der Waals surface area contributed by atoms with E-state index in [0.29, 0.717) is 12.0 Å². The van der Waals surface area contributed by atoms with E-state index in [1.807, 2.05) is 18.3 Å². The van der Waals surface area contributed by atoms with Crippen LogP contribution in [0.4, 0.5) is 0 Å². The Labute approximate surface area is 101 Å². The Kier molecular flexibility index (Phi) is 5.26. The van der Waals surface area contributed by atoms with Crippen LogP contribution in [0.15, 0.2) is 22.8 Å². The van der Waals surface area contributed by atoms with Gasteiger partial charge in [0, 0.05) is 23.1 Å². The van der Waals surface area contributed by atoms with Gasteiger partial charge in [-0.2, -0.15) is 0 Å². The van der Waals surface area contributed by atoms with Crippen LogP contribution < -0.4 is 5.32 Å². The molecule has 0 saturated heterocycles. The Morgan fingerprint density at radius 1 is 1.47 bits per heavy atom. The van der Waals surface area contributed by atoms with Crippen LogP contribution >= 0.6 is 15.9 Å². The van der Waals surface area contributed by atoms with Crippen molar-refractivity contribution in [3.05, 3.63) is 28.5 Å². The molecule has 0 bridgehead atoms. The predicted octanol–water partition coefficient (Wildman–Crippen LogP) is 3.02. The molecule has 0 fully saturated rings. The molecule has 0 amide bonds. The van der Waals surface area contributed by atoms with Gasteiger partial charge in [0.1, 0.15) is 0 Å². The summed E-state index contributed by atoms with van der Waals surface area (Å²) in [5, 5.41) is 3.50. The molecule has 0 spiro atoms. The smallest absolute Gasteiger partial charge is 0.0561 e. The highest BCUT2D eigenvalue weighted by molar-refractivity contribution is 9.10. The van der Waals surface area contributed by atoms with Crippen LogP contribution in [0.2, 0.25) is 0 Å². The van der Waals surface area contributed by atoms with Gasteiger partial charge in [0.25, 0.3) is 0 Å². The quantitative estimate of drug-likeness (QED) is 0.890. The summed E-state index contributed by atoms with van der Waals surface area (Å²) in [6.07, 6.45) is 2.83. The van der Waals surface area contributed by atoms with Crippen LogP contribution in [0.3, 0.4) is 0 Å². The third kappa shape index (κ3) is 3.92. The Balaban J connectivity index is 2.69. The van der Waals surface area contributed by atoms with Gasteiger partial charge >= 0.3 is 0 Å². The Bertz CT molecular complexity index is 299. The van der Waals surface area contributed by atoms with Gasteiger partial charge in [0.15, 0.2) is 0 Å². The van der Waals surface area contributed by atoms with Crippen molar-refractivity contribution in [2.45, 2.75) is 33.2 Å². The van der Waals surface area contributed by atoms with Gasteiger partial charge in [-0.3, -0.25) is 4.98 Å². The zero-order valence-corrected chi connectivity index (χ0v) is 11.2. The van der Waals surface area contributed by atoms with Crippen molar-refractivity contribution in [1.29, 1.82) is 0 Å². The maximum absolute atomic E-state index is 4.40. The number of rotatable bonds is 5. The molecule has 0 aliphatic carbocycles. The molecule has 15 heavy (non-hydrogen) atoms. The molecule has 0 radical (unpaired) electrons. The standard InChI is InChI=1S/C12H19BrN2/c1-4-14-11(9(2)3)8-12-10(13)6-5-7-15-12/h5-7,9,11,14H,4,8H2,1-3H3. The molecule has 0 aliphatic rings. The normalized spacial score (nSPS) is 13.1. The number of hydrogen-bond donors (Lipinski definition) is 1. The predicted molar refractivity (Wildman–Crippen MR) is 67.9 cm³/mol. The molecular weight excluding hydrogens is 252 g/mol. The first-order valence-corrected chi connectivity index (χ1v) is 6.27. The highest BCUT2D eigenvalue weighted by atomic mass is 79.9. The summed E-state index contributed by atoms with van der Waals surface area (Å²) < 4.78 is 1.11. The molecule has 0 aliphatic heterocycles. The van der Waals surface area contributed by atoms with Crippen molar-refractivity contribution in [1.82, 2.24) is 10.3 Å². The zero-order chi connectivity index (χ0) is 11.3. The van der Waals surface area contributed by atoms with Gasteiger partial charge in [-0.05, 0) is 40.5 Å². The molecule has 1 heterocycles. The first-order valence-electron chi connectivity index (χ1n) is 5.48. The van der Waals surface area contributed by atoms with Crippen LogP contribution in [0.5, 0.6) is 0 Å². The number of aromatic nitrogens is 1. The molecule has 84 valence electrons. The maximum atomic E-state index is 4.40. The van der Waals surface area contributed by atoms with Gasteiger partial charge in [0.05, 0.1) is 5.69 Å². The van der Waals surface area contributed by atoms with E-state index < -0.39 is 0 Å². The van der Waals surface area contributed by atoms with Gasteiger partial charge in [-0.15, -0.1) is 0 Å². The molecule has 1 atom stereocenters. The van der Waals surface area contributed by atoms with E-state index >= 15 is 0 Å². The fourth-order valence-electron chi connectivity index (χ4n) is 1.58. The summed E-state index contributed by atoms with van der Waals surface area (Å²) in [6, 6.07) is 4.50. The fraction of sp³-hybridized carbons (Fsp3) is 0.583. The van der Waals surface area contributed by atoms with E-state index in [-0.39, 0.29) is 0 Å². The minimum atomic E-state index is 0.501. The first-order chi connectivity index (χ1) is 7.15. The largest absolute Gasteiger partial charge is 0.314 e. The minimum Gasteiger partial charge on any atom is -0.314 e. The Morgan fingerprint density at radius 3 is 2.73 bits per heavy atom. The third-order valence-electron chi connectivity index (χ3n) is 2.52. The van der Waals surface area contributed by atoms with E-state index in [4.69, 9.17) is 0 Å². The number of pyridine rings is 1. The Morgan fingerprint density at radius 2 is 2.20 bits per heavy atom. The molecule has 0 saturated carbocycles. The molecule has 1 aromatic rings. The van der Waals surface area contributed by atoms with Crippen molar-refractivity contribution in [3.8, 4) is 0 Å². The van der Waals surface area contributed by atoms with Gasteiger partial charge < -0.3 is 5.32 Å². The van der Waals surface area contributed by atoms with E-state index in [2.05, 4.69) is 47.0 Å². The number of nitrogens with one attached hydrogen (secondary N) is 1. The first kappa shape index (κ1) is 12.7. The number of nitrogens with zero attached hydrogens (tertiary/aromatic N) is 1. The molecule has 3 heteroatoms. The number of hydrogen-bond acceptors (Lipinski definition) is 2. The summed E-state index contributed by atoms with van der Waals surface area (Å²) in [5.41, 5.74) is 1.14. The maximum Gasteiger partial charge on any atom is 0.0561 e. The third-order valence-corrected chi connectivity index (χ3v) is 3.24. The lowest BCUT2D eigenvalue weighted by atomic mass is 9.99. The second-order valence-corrected chi connectivity index (χ2v) is 4.90. The van der Waals surface area contributed by atoms with Gasteiger partial charge in [0.2, 0.25) is 0 Å². The highest BCUT2D eigenvalue weighted by Crippen LogP contribution is 2.17. The van der Waals surface area contributed by atoms with Crippen LogP contribution in [0, 0.1) is 5.92 Å². The molecule has 1 aromatic heterocycles. The Hall–Kier alpha value is -0.410. The van der Waals surface area contributed by atoms with Gasteiger partial charge in [-0.1, -0.05) is 20.8 Å². The SMILES string of the molecule is CCNC(Cc1ncccc1Br)C(C)C. The van der Waals surface area contributed by atoms with Crippen LogP contribution in [-0.4, -0.2) is 17.6 Å². The average molecular weight is 271 g/mol. The molecule has 1 rings (SSSR count). The van der Waals surface area contributed by atoms with Crippen LogP contribution in [0.1, 0.15) is 26.5 Å².